The summed E-state index contributed by atoms with van der Waals surface area (Å²) < 4.78 is 6.17. The average Bonchev–Trinajstić information content (AvgIpc) is 3.26. The number of hydrogen-bond donors (Lipinski definition) is 2. The van der Waals surface area contributed by atoms with Crippen LogP contribution in [0, 0.1) is 0 Å². The van der Waals surface area contributed by atoms with E-state index in [-0.39, 0.29) is 36.2 Å². The van der Waals surface area contributed by atoms with E-state index < -0.39 is 11.9 Å². The predicted octanol–water partition coefficient (Wildman–Crippen LogP) is 0.179. The molecular formula is C20H24N4O4. The molecule has 8 heteroatoms. The lowest BCUT2D eigenvalue weighted by molar-refractivity contribution is -0.123. The highest BCUT2D eigenvalue weighted by atomic mass is 16.5. The van der Waals surface area contributed by atoms with Crippen LogP contribution in [0.4, 0.5) is 5.69 Å². The third kappa shape index (κ3) is 2.44. The number of rotatable bonds is 5. The number of nitrogens with two attached hydrogens (primary N) is 1. The Morgan fingerprint density at radius 1 is 1.43 bits per heavy atom. The van der Waals surface area contributed by atoms with Gasteiger partial charge in [-0.05, 0) is 31.0 Å². The van der Waals surface area contributed by atoms with Gasteiger partial charge in [0.1, 0.15) is 23.7 Å². The van der Waals surface area contributed by atoms with Crippen molar-refractivity contribution < 1.29 is 19.1 Å². The Balaban J connectivity index is 1.46. The SMILES string of the molecule is CC(=O)CC[C@@H](C(N)=O)N1Cc2cc3c(cc2C1=O)OC1CC12CNCCN32. The molecule has 148 valence electrons. The van der Waals surface area contributed by atoms with Gasteiger partial charge in [0.15, 0.2) is 0 Å². The molecule has 2 unspecified atom stereocenters. The molecule has 28 heavy (non-hydrogen) atoms. The zero-order valence-corrected chi connectivity index (χ0v) is 15.9. The number of nitrogens with zero attached hydrogens (tertiary/aromatic N) is 2. The Kier molecular flexibility index (Phi) is 3.71. The van der Waals surface area contributed by atoms with Crippen LogP contribution < -0.4 is 20.7 Å². The Labute approximate surface area is 163 Å². The Bertz CT molecular complexity index is 900. The van der Waals surface area contributed by atoms with Crippen LogP contribution in [0.1, 0.15) is 42.1 Å². The minimum Gasteiger partial charge on any atom is -0.486 e. The lowest BCUT2D eigenvalue weighted by atomic mass is 10.0. The summed E-state index contributed by atoms with van der Waals surface area (Å²) in [7, 11) is 0. The molecule has 1 saturated heterocycles. The number of amides is 2. The van der Waals surface area contributed by atoms with Crippen molar-refractivity contribution in [3.05, 3.63) is 23.3 Å². The number of anilines is 1. The summed E-state index contributed by atoms with van der Waals surface area (Å²) in [6.45, 7) is 4.54. The number of Topliss-reactive ketones (excluding diaryl/α,β-unsaturated/α-hetero) is 1. The minimum absolute atomic E-state index is 0.0255. The molecule has 1 aromatic carbocycles. The molecule has 1 saturated carbocycles. The zero-order chi connectivity index (χ0) is 19.6. The fourth-order valence-corrected chi connectivity index (χ4v) is 4.91. The van der Waals surface area contributed by atoms with Gasteiger partial charge in [-0.15, -0.1) is 0 Å². The third-order valence-electron chi connectivity index (χ3n) is 6.51. The first-order valence-corrected chi connectivity index (χ1v) is 9.82. The number of carbonyl (C=O) groups excluding carboxylic acids is 3. The number of carbonyl (C=O) groups is 3. The van der Waals surface area contributed by atoms with E-state index >= 15 is 0 Å². The van der Waals surface area contributed by atoms with E-state index in [2.05, 4.69) is 10.2 Å². The molecular weight excluding hydrogens is 360 g/mol. The highest BCUT2D eigenvalue weighted by Crippen LogP contribution is 2.55. The van der Waals surface area contributed by atoms with Gasteiger partial charge in [0.2, 0.25) is 5.91 Å². The molecule has 0 bridgehead atoms. The van der Waals surface area contributed by atoms with Crippen molar-refractivity contribution in [2.45, 2.75) is 50.4 Å². The highest BCUT2D eigenvalue weighted by molar-refractivity contribution is 6.02. The second-order valence-corrected chi connectivity index (χ2v) is 8.31. The number of hydrogen-bond acceptors (Lipinski definition) is 6. The van der Waals surface area contributed by atoms with Gasteiger partial charge >= 0.3 is 0 Å². The van der Waals surface area contributed by atoms with Crippen LogP contribution >= 0.6 is 0 Å². The van der Waals surface area contributed by atoms with Crippen LogP contribution in [0.2, 0.25) is 0 Å². The van der Waals surface area contributed by atoms with E-state index in [1.165, 1.54) is 11.8 Å². The van der Waals surface area contributed by atoms with Crippen molar-refractivity contribution in [3.8, 4) is 5.75 Å². The first kappa shape index (κ1) is 17.5. The van der Waals surface area contributed by atoms with Crippen molar-refractivity contribution in [1.29, 1.82) is 0 Å². The van der Waals surface area contributed by atoms with Gasteiger partial charge in [-0.2, -0.15) is 0 Å². The first-order chi connectivity index (χ1) is 13.4. The molecule has 4 aliphatic rings. The average molecular weight is 384 g/mol. The van der Waals surface area contributed by atoms with E-state index in [1.54, 1.807) is 0 Å². The summed E-state index contributed by atoms with van der Waals surface area (Å²) in [6, 6.07) is 3.08. The van der Waals surface area contributed by atoms with E-state index in [4.69, 9.17) is 10.5 Å². The Morgan fingerprint density at radius 3 is 3.00 bits per heavy atom. The number of ketones is 1. The second-order valence-electron chi connectivity index (χ2n) is 8.31. The molecule has 3 heterocycles. The molecule has 2 fully saturated rings. The number of ether oxygens (including phenoxy) is 1. The van der Waals surface area contributed by atoms with E-state index in [9.17, 15) is 14.4 Å². The van der Waals surface area contributed by atoms with Crippen LogP contribution in [0.15, 0.2) is 12.1 Å². The monoisotopic (exact) mass is 384 g/mol. The number of piperazine rings is 1. The lowest BCUT2D eigenvalue weighted by Crippen LogP contribution is -2.57. The fourth-order valence-electron chi connectivity index (χ4n) is 4.91. The maximum atomic E-state index is 13.0. The van der Waals surface area contributed by atoms with Crippen LogP contribution in [0.5, 0.6) is 5.75 Å². The topological polar surface area (TPSA) is 105 Å². The fraction of sp³-hybridized carbons (Fsp3) is 0.550. The Hall–Kier alpha value is -2.61. The molecule has 5 rings (SSSR count). The minimum atomic E-state index is -0.777. The van der Waals surface area contributed by atoms with Gasteiger partial charge in [0.25, 0.3) is 5.91 Å². The van der Waals surface area contributed by atoms with E-state index in [0.29, 0.717) is 12.1 Å². The summed E-state index contributed by atoms with van der Waals surface area (Å²) in [4.78, 5) is 40.2. The molecule has 1 spiro atoms. The molecule has 3 N–H and O–H groups in total. The van der Waals surface area contributed by atoms with Crippen molar-refractivity contribution in [2.75, 3.05) is 24.5 Å². The number of benzene rings is 1. The number of nitrogens with one attached hydrogen (secondary N) is 1. The summed E-state index contributed by atoms with van der Waals surface area (Å²) in [5.74, 6) is -0.0803. The summed E-state index contributed by atoms with van der Waals surface area (Å²) in [6.07, 6.45) is 1.63. The van der Waals surface area contributed by atoms with E-state index in [0.717, 1.165) is 43.1 Å². The molecule has 1 aliphatic carbocycles. The highest BCUT2D eigenvalue weighted by Gasteiger charge is 2.64. The van der Waals surface area contributed by atoms with Gasteiger partial charge in [0, 0.05) is 44.6 Å². The molecule has 1 aromatic rings. The maximum absolute atomic E-state index is 13.0. The summed E-state index contributed by atoms with van der Waals surface area (Å²) in [5.41, 5.74) is 8.07. The second kappa shape index (κ2) is 5.94. The molecule has 2 amide bonds. The van der Waals surface area contributed by atoms with Crippen LogP contribution in [0.3, 0.4) is 0 Å². The standard InChI is InChI=1S/C20H24N4O4/c1-11(25)2-3-14(18(21)26)23-9-12-6-15-16(7-13(12)19(23)27)28-17-8-20(17)10-22-4-5-24(15)20/h6-7,14,17,22H,2-5,8-10H2,1H3,(H2,21,26)/t14-,17?,20?/m0/s1. The molecule has 0 radical (unpaired) electrons. The molecule has 0 aromatic heterocycles. The van der Waals surface area contributed by atoms with Crippen LogP contribution in [-0.2, 0) is 16.1 Å². The van der Waals surface area contributed by atoms with Crippen LogP contribution in [-0.4, -0.2) is 59.8 Å². The van der Waals surface area contributed by atoms with Gasteiger partial charge in [0.05, 0.1) is 11.2 Å². The van der Waals surface area contributed by atoms with Crippen molar-refractivity contribution in [1.82, 2.24) is 10.2 Å². The zero-order valence-electron chi connectivity index (χ0n) is 15.9. The summed E-state index contributed by atoms with van der Waals surface area (Å²) >= 11 is 0. The van der Waals surface area contributed by atoms with Crippen molar-refractivity contribution in [2.24, 2.45) is 5.73 Å². The number of primary amides is 1. The predicted molar refractivity (Wildman–Crippen MR) is 101 cm³/mol. The third-order valence-corrected chi connectivity index (χ3v) is 6.51. The largest absolute Gasteiger partial charge is 0.486 e. The summed E-state index contributed by atoms with van der Waals surface area (Å²) in [5, 5.41) is 3.45. The molecule has 8 nitrogen and oxygen atoms in total. The molecule has 3 atom stereocenters. The van der Waals surface area contributed by atoms with Gasteiger partial charge < -0.3 is 30.4 Å². The van der Waals surface area contributed by atoms with Crippen molar-refractivity contribution in [3.63, 3.8) is 0 Å². The normalized spacial score (nSPS) is 27.9. The maximum Gasteiger partial charge on any atom is 0.255 e. The smallest absolute Gasteiger partial charge is 0.255 e. The first-order valence-electron chi connectivity index (χ1n) is 9.82. The Morgan fingerprint density at radius 2 is 2.25 bits per heavy atom. The van der Waals surface area contributed by atoms with Gasteiger partial charge in [-0.3, -0.25) is 9.59 Å². The molecule has 3 aliphatic heterocycles. The van der Waals surface area contributed by atoms with E-state index in [1.807, 2.05) is 12.1 Å². The van der Waals surface area contributed by atoms with Gasteiger partial charge in [-0.25, -0.2) is 0 Å². The van der Waals surface area contributed by atoms with Gasteiger partial charge in [-0.1, -0.05) is 0 Å². The van der Waals surface area contributed by atoms with Crippen LogP contribution in [0.25, 0.3) is 0 Å². The lowest BCUT2D eigenvalue weighted by Gasteiger charge is -2.42. The number of fused-ring (bicyclic) bond motifs is 3. The quantitative estimate of drug-likeness (QED) is 0.750. The van der Waals surface area contributed by atoms with Crippen molar-refractivity contribution >= 4 is 23.3 Å².